The molecule has 0 aliphatic heterocycles. The molecular weight excluding hydrogens is 535 g/mol. The van der Waals surface area contributed by atoms with Gasteiger partial charge in [0.15, 0.2) is 0 Å². The van der Waals surface area contributed by atoms with Crippen LogP contribution in [-0.2, 0) is 21.2 Å². The van der Waals surface area contributed by atoms with Gasteiger partial charge in [0, 0.05) is 23.2 Å². The zero-order valence-corrected chi connectivity index (χ0v) is 22.0. The number of hydrogen-bond donors (Lipinski definition) is 1. The molecule has 0 spiro atoms. The maximum atomic E-state index is 12.9. The number of imidazole rings is 1. The Labute approximate surface area is 222 Å². The van der Waals surface area contributed by atoms with E-state index < -0.39 is 33.6 Å². The summed E-state index contributed by atoms with van der Waals surface area (Å²) in [4.78, 5) is 27.8. The third-order valence-corrected chi connectivity index (χ3v) is 7.28. The lowest BCUT2D eigenvalue weighted by Crippen LogP contribution is -2.31. The summed E-state index contributed by atoms with van der Waals surface area (Å²) >= 11 is 0. The van der Waals surface area contributed by atoms with Crippen LogP contribution in [0.15, 0.2) is 65.6 Å². The van der Waals surface area contributed by atoms with Crippen LogP contribution in [0.5, 0.6) is 0 Å². The molecule has 1 N–H and O–H groups in total. The number of hydrogen-bond acceptors (Lipinski definition) is 6. The van der Waals surface area contributed by atoms with Gasteiger partial charge in [0.2, 0.25) is 0 Å². The number of alkyl halides is 3. The molecule has 3 aromatic carbocycles. The highest BCUT2D eigenvalue weighted by Crippen LogP contribution is 2.31. The number of ether oxygens (including phenoxy) is 1. The Bertz CT molecular complexity index is 1680. The van der Waals surface area contributed by atoms with Crippen LogP contribution < -0.4 is 4.72 Å². The number of carbonyl (C=O) groups excluding carboxylic acids is 2. The number of aryl methyl sites for hydroxylation is 2. The Hall–Kier alpha value is -4.19. The number of Topliss-reactive ketones (excluding diaryl/α,β-unsaturated/α-hetero) is 1. The molecule has 4 rings (SSSR count). The minimum atomic E-state index is -4.99. The summed E-state index contributed by atoms with van der Waals surface area (Å²) in [6.07, 6.45) is -5.62. The van der Waals surface area contributed by atoms with Crippen LogP contribution in [0.4, 0.5) is 18.0 Å². The minimum Gasteiger partial charge on any atom is -0.449 e. The van der Waals surface area contributed by atoms with Crippen LogP contribution in [0.25, 0.3) is 27.8 Å². The number of halogens is 3. The van der Waals surface area contributed by atoms with E-state index in [0.29, 0.717) is 34.6 Å². The van der Waals surface area contributed by atoms with Crippen molar-refractivity contribution < 1.29 is 35.9 Å². The molecule has 0 bridgehead atoms. The molecule has 0 radical (unpaired) electrons. The highest BCUT2D eigenvalue weighted by Gasteiger charge is 2.39. The normalized spacial score (nSPS) is 11.9. The lowest BCUT2D eigenvalue weighted by atomic mass is 10.0. The number of nitrogens with one attached hydrogen (secondary N) is 1. The number of sulfonamides is 1. The lowest BCUT2D eigenvalue weighted by molar-refractivity contribution is -0.0885. The fraction of sp³-hybridized carbons (Fsp3) is 0.222. The van der Waals surface area contributed by atoms with Gasteiger partial charge in [0.1, 0.15) is 5.82 Å². The Morgan fingerprint density at radius 1 is 1.00 bits per heavy atom. The number of rotatable bonds is 7. The number of aromatic nitrogens is 2. The van der Waals surface area contributed by atoms with Gasteiger partial charge in [-0.05, 0) is 55.8 Å². The first-order chi connectivity index (χ1) is 18.4. The Morgan fingerprint density at radius 2 is 1.69 bits per heavy atom. The third-order valence-electron chi connectivity index (χ3n) is 5.91. The second-order valence-electron chi connectivity index (χ2n) is 8.62. The topological polar surface area (TPSA) is 107 Å². The van der Waals surface area contributed by atoms with E-state index in [2.05, 4.69) is 4.98 Å². The summed E-state index contributed by atoms with van der Waals surface area (Å²) < 4.78 is 73.0. The average molecular weight is 560 g/mol. The molecule has 1 aromatic heterocycles. The van der Waals surface area contributed by atoms with E-state index in [-0.39, 0.29) is 17.0 Å². The van der Waals surface area contributed by atoms with Gasteiger partial charge in [-0.3, -0.25) is 9.36 Å². The van der Waals surface area contributed by atoms with E-state index in [4.69, 9.17) is 4.74 Å². The minimum absolute atomic E-state index is 0.00615. The number of ketones is 1. The van der Waals surface area contributed by atoms with Gasteiger partial charge < -0.3 is 4.74 Å². The summed E-state index contributed by atoms with van der Waals surface area (Å²) in [6.45, 7) is 5.20. The second-order valence-corrected chi connectivity index (χ2v) is 10.3. The van der Waals surface area contributed by atoms with E-state index >= 15 is 0 Å². The smallest absolute Gasteiger partial charge is 0.449 e. The summed E-state index contributed by atoms with van der Waals surface area (Å²) in [5.74, 6) is -1.38. The van der Waals surface area contributed by atoms with Crippen molar-refractivity contribution in [3.63, 3.8) is 0 Å². The molecule has 8 nitrogen and oxygen atoms in total. The number of nitrogens with zero attached hydrogens (tertiary/aromatic N) is 2. The predicted octanol–water partition coefficient (Wildman–Crippen LogP) is 5.74. The standard InChI is InChI=1S/C27H24F3N3O5S/c1-4-24-31-21-15-18(25(34)27(28,29)30)9-12-22(21)33(24)19-10-7-17(8-11-19)20-14-16(3)6-13-23(20)39(36,37)32-26(35)38-5-2/h6-15H,4-5H2,1-3H3,(H,32,35). The average Bonchev–Trinajstić information content (AvgIpc) is 3.25. The van der Waals surface area contributed by atoms with Gasteiger partial charge in [-0.1, -0.05) is 36.8 Å². The first-order valence-corrected chi connectivity index (χ1v) is 13.4. The van der Waals surface area contributed by atoms with Crippen molar-refractivity contribution in [2.24, 2.45) is 0 Å². The van der Waals surface area contributed by atoms with Gasteiger partial charge in [0.25, 0.3) is 15.8 Å². The molecule has 0 fully saturated rings. The van der Waals surface area contributed by atoms with E-state index in [1.165, 1.54) is 12.1 Å². The summed E-state index contributed by atoms with van der Waals surface area (Å²) in [5, 5.41) is 0. The van der Waals surface area contributed by atoms with Crippen molar-refractivity contribution in [3.05, 3.63) is 77.6 Å². The molecule has 204 valence electrons. The van der Waals surface area contributed by atoms with Crippen LogP contribution in [0.1, 0.15) is 35.6 Å². The molecule has 1 heterocycles. The van der Waals surface area contributed by atoms with Gasteiger partial charge >= 0.3 is 12.3 Å². The van der Waals surface area contributed by atoms with Gasteiger partial charge in [-0.15, -0.1) is 0 Å². The molecule has 1 amide bonds. The molecule has 4 aromatic rings. The largest absolute Gasteiger partial charge is 0.454 e. The van der Waals surface area contributed by atoms with E-state index in [1.54, 1.807) is 54.8 Å². The zero-order chi connectivity index (χ0) is 28.5. The maximum Gasteiger partial charge on any atom is 0.454 e. The van der Waals surface area contributed by atoms with Crippen molar-refractivity contribution in [2.75, 3.05) is 6.61 Å². The summed E-state index contributed by atoms with van der Waals surface area (Å²) in [6, 6.07) is 15.2. The van der Waals surface area contributed by atoms with Crippen LogP contribution in [0, 0.1) is 6.92 Å². The van der Waals surface area contributed by atoms with Crippen LogP contribution in [0.2, 0.25) is 0 Å². The number of carbonyl (C=O) groups is 2. The molecule has 0 aliphatic carbocycles. The first-order valence-electron chi connectivity index (χ1n) is 11.9. The summed E-state index contributed by atoms with van der Waals surface area (Å²) in [5.41, 5.74) is 2.59. The van der Waals surface area contributed by atoms with Gasteiger partial charge in [0.05, 0.1) is 22.5 Å². The highest BCUT2D eigenvalue weighted by atomic mass is 32.2. The van der Waals surface area contributed by atoms with Gasteiger partial charge in [-0.25, -0.2) is 22.9 Å². The predicted molar refractivity (Wildman–Crippen MR) is 138 cm³/mol. The van der Waals surface area contributed by atoms with Crippen LogP contribution in [0.3, 0.4) is 0 Å². The van der Waals surface area contributed by atoms with Gasteiger partial charge in [-0.2, -0.15) is 13.2 Å². The fourth-order valence-corrected chi connectivity index (χ4v) is 5.28. The molecule has 0 atom stereocenters. The molecule has 0 unspecified atom stereocenters. The third kappa shape index (κ3) is 5.65. The van der Waals surface area contributed by atoms with Crippen molar-refractivity contribution in [1.82, 2.24) is 14.3 Å². The van der Waals surface area contributed by atoms with E-state index in [9.17, 15) is 31.2 Å². The fourth-order valence-electron chi connectivity index (χ4n) is 4.18. The van der Waals surface area contributed by atoms with Crippen molar-refractivity contribution >= 4 is 32.9 Å². The second kappa shape index (κ2) is 10.5. The first kappa shape index (κ1) is 27.8. The van der Waals surface area contributed by atoms with Crippen molar-refractivity contribution in [2.45, 2.75) is 38.3 Å². The molecule has 0 saturated carbocycles. The maximum absolute atomic E-state index is 12.9. The van der Waals surface area contributed by atoms with E-state index in [1.807, 2.05) is 11.6 Å². The summed E-state index contributed by atoms with van der Waals surface area (Å²) in [7, 11) is -4.24. The number of benzene rings is 3. The number of fused-ring (bicyclic) bond motifs is 1. The Morgan fingerprint density at radius 3 is 2.31 bits per heavy atom. The molecule has 39 heavy (non-hydrogen) atoms. The Kier molecular flexibility index (Phi) is 7.51. The quantitative estimate of drug-likeness (QED) is 0.289. The SMILES string of the molecule is CCOC(=O)NS(=O)(=O)c1ccc(C)cc1-c1ccc(-n2c(CC)nc3cc(C(=O)C(F)(F)F)ccc32)cc1. The zero-order valence-electron chi connectivity index (χ0n) is 21.2. The van der Waals surface area contributed by atoms with Crippen molar-refractivity contribution in [1.29, 1.82) is 0 Å². The monoisotopic (exact) mass is 559 g/mol. The lowest BCUT2D eigenvalue weighted by Gasteiger charge is -2.14. The van der Waals surface area contributed by atoms with E-state index in [0.717, 1.165) is 17.7 Å². The molecule has 0 saturated heterocycles. The molecule has 0 aliphatic rings. The molecule has 12 heteroatoms. The number of amides is 1. The van der Waals surface area contributed by atoms with Crippen molar-refractivity contribution in [3.8, 4) is 16.8 Å². The highest BCUT2D eigenvalue weighted by molar-refractivity contribution is 7.90. The van der Waals surface area contributed by atoms with Crippen LogP contribution >= 0.6 is 0 Å². The van der Waals surface area contributed by atoms with Crippen LogP contribution in [-0.4, -0.2) is 42.6 Å². The molecular formula is C27H24F3N3O5S. The Balaban J connectivity index is 1.76.